The molecule has 1 aromatic rings. The lowest BCUT2D eigenvalue weighted by molar-refractivity contribution is -0.138. The van der Waals surface area contributed by atoms with E-state index in [2.05, 4.69) is 5.32 Å². The summed E-state index contributed by atoms with van der Waals surface area (Å²) < 4.78 is 24.3. The van der Waals surface area contributed by atoms with Crippen molar-refractivity contribution in [3.63, 3.8) is 0 Å². The highest BCUT2D eigenvalue weighted by molar-refractivity contribution is 7.92. The summed E-state index contributed by atoms with van der Waals surface area (Å²) in [7, 11) is -3.43. The minimum Gasteiger partial charge on any atom is -0.481 e. The van der Waals surface area contributed by atoms with Gasteiger partial charge in [-0.05, 0) is 37.5 Å². The first-order valence-corrected chi connectivity index (χ1v) is 9.35. The molecule has 1 aliphatic carbocycles. The van der Waals surface area contributed by atoms with Crippen molar-refractivity contribution in [3.05, 3.63) is 29.8 Å². The molecule has 1 unspecified atom stereocenters. The molecule has 1 fully saturated rings. The van der Waals surface area contributed by atoms with Crippen LogP contribution in [0, 0.1) is 0 Å². The predicted molar refractivity (Wildman–Crippen MR) is 87.2 cm³/mol. The van der Waals surface area contributed by atoms with E-state index in [1.165, 1.54) is 0 Å². The van der Waals surface area contributed by atoms with Crippen molar-refractivity contribution < 1.29 is 23.1 Å². The standard InChI is InChI=1S/C16H21NO5S/c1-11(16(19)20)12-5-4-6-13(9-12)17-15(18)10-23(21,22)14-7-2-3-8-14/h4-6,9,11,14H,2-3,7-8,10H2,1H3,(H,17,18)(H,19,20). The summed E-state index contributed by atoms with van der Waals surface area (Å²) in [5, 5.41) is 11.1. The van der Waals surface area contributed by atoms with E-state index < -0.39 is 38.6 Å². The average molecular weight is 339 g/mol. The lowest BCUT2D eigenvalue weighted by atomic mass is 10.0. The number of carbonyl (C=O) groups is 2. The second kappa shape index (κ2) is 7.12. The summed E-state index contributed by atoms with van der Waals surface area (Å²) in [6.07, 6.45) is 3.03. The van der Waals surface area contributed by atoms with Gasteiger partial charge < -0.3 is 10.4 Å². The molecule has 0 heterocycles. The zero-order chi connectivity index (χ0) is 17.0. The molecule has 0 spiro atoms. The van der Waals surface area contributed by atoms with E-state index in [1.54, 1.807) is 31.2 Å². The molecule has 1 atom stereocenters. The Kier molecular flexibility index (Phi) is 5.41. The van der Waals surface area contributed by atoms with Gasteiger partial charge in [0, 0.05) is 5.69 Å². The third-order valence-corrected chi connectivity index (χ3v) is 6.33. The van der Waals surface area contributed by atoms with Crippen LogP contribution in [-0.4, -0.2) is 36.4 Å². The molecule has 2 rings (SSSR count). The molecule has 2 N–H and O–H groups in total. The van der Waals surface area contributed by atoms with Crippen LogP contribution < -0.4 is 5.32 Å². The zero-order valence-corrected chi connectivity index (χ0v) is 13.8. The van der Waals surface area contributed by atoms with Crippen molar-refractivity contribution in [2.45, 2.75) is 43.8 Å². The van der Waals surface area contributed by atoms with E-state index in [1.807, 2.05) is 0 Å². The summed E-state index contributed by atoms with van der Waals surface area (Å²) in [6.45, 7) is 1.55. The van der Waals surface area contributed by atoms with Crippen molar-refractivity contribution in [1.82, 2.24) is 0 Å². The molecule has 0 aromatic heterocycles. The molecule has 6 nitrogen and oxygen atoms in total. The largest absolute Gasteiger partial charge is 0.481 e. The maximum absolute atomic E-state index is 12.2. The number of benzene rings is 1. The van der Waals surface area contributed by atoms with Gasteiger partial charge in [0.2, 0.25) is 5.91 Å². The Morgan fingerprint density at radius 2 is 1.96 bits per heavy atom. The number of sulfone groups is 1. The van der Waals surface area contributed by atoms with Gasteiger partial charge in [0.1, 0.15) is 5.75 Å². The first-order valence-electron chi connectivity index (χ1n) is 7.64. The molecule has 7 heteroatoms. The molecule has 0 aliphatic heterocycles. The maximum Gasteiger partial charge on any atom is 0.310 e. The number of rotatable bonds is 6. The van der Waals surface area contributed by atoms with Crippen LogP contribution in [0.2, 0.25) is 0 Å². The van der Waals surface area contributed by atoms with E-state index in [0.717, 1.165) is 12.8 Å². The van der Waals surface area contributed by atoms with E-state index in [-0.39, 0.29) is 0 Å². The molecular formula is C16H21NO5S. The maximum atomic E-state index is 12.2. The molecule has 126 valence electrons. The van der Waals surface area contributed by atoms with Gasteiger partial charge in [-0.25, -0.2) is 8.42 Å². The Morgan fingerprint density at radius 3 is 2.57 bits per heavy atom. The Labute approximate surface area is 135 Å². The van der Waals surface area contributed by atoms with Crippen LogP contribution in [0.25, 0.3) is 0 Å². The number of anilines is 1. The van der Waals surface area contributed by atoms with E-state index >= 15 is 0 Å². The van der Waals surface area contributed by atoms with Crippen LogP contribution in [0.15, 0.2) is 24.3 Å². The normalized spacial score (nSPS) is 16.9. The van der Waals surface area contributed by atoms with Crippen LogP contribution in [0.3, 0.4) is 0 Å². The fraction of sp³-hybridized carbons (Fsp3) is 0.500. The molecule has 1 saturated carbocycles. The minimum atomic E-state index is -3.43. The molecule has 23 heavy (non-hydrogen) atoms. The Balaban J connectivity index is 2.03. The van der Waals surface area contributed by atoms with Crippen molar-refractivity contribution in [2.24, 2.45) is 0 Å². The highest BCUT2D eigenvalue weighted by atomic mass is 32.2. The highest BCUT2D eigenvalue weighted by Crippen LogP contribution is 2.25. The number of hydrogen-bond donors (Lipinski definition) is 2. The zero-order valence-electron chi connectivity index (χ0n) is 13.0. The number of aliphatic carboxylic acids is 1. The highest BCUT2D eigenvalue weighted by Gasteiger charge is 2.30. The molecule has 1 aromatic carbocycles. The van der Waals surface area contributed by atoms with Crippen molar-refractivity contribution in [1.29, 1.82) is 0 Å². The van der Waals surface area contributed by atoms with Gasteiger partial charge >= 0.3 is 5.97 Å². The van der Waals surface area contributed by atoms with Gasteiger partial charge in [-0.2, -0.15) is 0 Å². The third-order valence-electron chi connectivity index (χ3n) is 4.18. The topological polar surface area (TPSA) is 101 Å². The summed E-state index contributed by atoms with van der Waals surface area (Å²) in [6, 6.07) is 6.45. The SMILES string of the molecule is CC(C(=O)O)c1cccc(NC(=O)CS(=O)(=O)C2CCCC2)c1. The number of carboxylic acids is 1. The van der Waals surface area contributed by atoms with Crippen LogP contribution >= 0.6 is 0 Å². The molecule has 0 saturated heterocycles. The molecule has 1 amide bonds. The Hall–Kier alpha value is -1.89. The van der Waals surface area contributed by atoms with E-state index in [0.29, 0.717) is 24.1 Å². The summed E-state index contributed by atoms with van der Waals surface area (Å²) >= 11 is 0. The predicted octanol–water partition coefficient (Wildman–Crippen LogP) is 2.17. The number of amides is 1. The van der Waals surface area contributed by atoms with Crippen LogP contribution in [0.1, 0.15) is 44.1 Å². The fourth-order valence-corrected chi connectivity index (χ4v) is 4.50. The molecule has 0 radical (unpaired) electrons. The Morgan fingerprint density at radius 1 is 1.30 bits per heavy atom. The fourth-order valence-electron chi connectivity index (χ4n) is 2.77. The number of carbonyl (C=O) groups excluding carboxylic acids is 1. The van der Waals surface area contributed by atoms with Gasteiger partial charge in [-0.3, -0.25) is 9.59 Å². The second-order valence-electron chi connectivity index (χ2n) is 5.95. The summed E-state index contributed by atoms with van der Waals surface area (Å²) in [5.41, 5.74) is 0.955. The van der Waals surface area contributed by atoms with Crippen molar-refractivity contribution in [2.75, 3.05) is 11.1 Å². The second-order valence-corrected chi connectivity index (χ2v) is 8.23. The lowest BCUT2D eigenvalue weighted by Crippen LogP contribution is -2.29. The van der Waals surface area contributed by atoms with Gasteiger partial charge in [-0.15, -0.1) is 0 Å². The molecular weight excluding hydrogens is 318 g/mol. The van der Waals surface area contributed by atoms with Crippen LogP contribution in [0.5, 0.6) is 0 Å². The van der Waals surface area contributed by atoms with E-state index in [4.69, 9.17) is 5.11 Å². The lowest BCUT2D eigenvalue weighted by Gasteiger charge is -2.12. The third kappa shape index (κ3) is 4.54. The van der Waals surface area contributed by atoms with E-state index in [9.17, 15) is 18.0 Å². The van der Waals surface area contributed by atoms with Gasteiger partial charge in [0.15, 0.2) is 9.84 Å². The monoisotopic (exact) mass is 339 g/mol. The van der Waals surface area contributed by atoms with Gasteiger partial charge in [0.25, 0.3) is 0 Å². The smallest absolute Gasteiger partial charge is 0.310 e. The molecule has 0 bridgehead atoms. The number of carboxylic acid groups (broad SMARTS) is 1. The first kappa shape index (κ1) is 17.5. The van der Waals surface area contributed by atoms with Crippen molar-refractivity contribution in [3.8, 4) is 0 Å². The van der Waals surface area contributed by atoms with Crippen LogP contribution in [0.4, 0.5) is 5.69 Å². The Bertz CT molecular complexity index is 692. The quantitative estimate of drug-likeness (QED) is 0.827. The average Bonchev–Trinajstić information content (AvgIpc) is 3.01. The molecule has 1 aliphatic rings. The number of nitrogens with one attached hydrogen (secondary N) is 1. The first-order chi connectivity index (χ1) is 10.8. The van der Waals surface area contributed by atoms with Crippen LogP contribution in [-0.2, 0) is 19.4 Å². The summed E-state index contributed by atoms with van der Waals surface area (Å²) in [4.78, 5) is 23.0. The summed E-state index contributed by atoms with van der Waals surface area (Å²) in [5.74, 6) is -2.78. The van der Waals surface area contributed by atoms with Gasteiger partial charge in [-0.1, -0.05) is 25.0 Å². The van der Waals surface area contributed by atoms with Gasteiger partial charge in [0.05, 0.1) is 11.2 Å². The number of hydrogen-bond acceptors (Lipinski definition) is 4. The minimum absolute atomic E-state index is 0.405. The van der Waals surface area contributed by atoms with Crippen molar-refractivity contribution >= 4 is 27.4 Å².